The Morgan fingerprint density at radius 3 is 2.57 bits per heavy atom. The second kappa shape index (κ2) is 6.90. The van der Waals surface area contributed by atoms with Gasteiger partial charge in [0, 0.05) is 6.20 Å². The number of hydrogen-bond donors (Lipinski definition) is 1. The predicted molar refractivity (Wildman–Crippen MR) is 73.5 cm³/mol. The molecule has 2 rings (SSSR count). The van der Waals surface area contributed by atoms with Crippen LogP contribution in [0.4, 0.5) is 4.39 Å². The molecule has 1 aromatic carbocycles. The van der Waals surface area contributed by atoms with Gasteiger partial charge in [-0.15, -0.1) is 0 Å². The highest BCUT2D eigenvalue weighted by molar-refractivity contribution is 6.30. The maximum atomic E-state index is 13.5. The second-order valence-corrected chi connectivity index (χ2v) is 4.44. The topological polar surface area (TPSA) is 68.7 Å². The van der Waals surface area contributed by atoms with E-state index in [0.29, 0.717) is 11.5 Å². The fraction of sp³-hybridized carbons (Fsp3) is 0.143. The quantitative estimate of drug-likeness (QED) is 0.884. The summed E-state index contributed by atoms with van der Waals surface area (Å²) in [4.78, 5) is 14.1. The van der Waals surface area contributed by atoms with E-state index in [2.05, 4.69) is 4.98 Å². The van der Waals surface area contributed by atoms with E-state index in [1.165, 1.54) is 6.20 Å². The standard InChI is InChI=1S/C14H11ClFNO4/c15-9-7-12(16)14(17-8-9)21-11-3-1-10(2-4-11)20-6-5-13(18)19/h1-4,7-8H,5-6H2,(H,18,19). The van der Waals surface area contributed by atoms with E-state index in [1.807, 2.05) is 0 Å². The van der Waals surface area contributed by atoms with E-state index in [0.717, 1.165) is 6.07 Å². The Morgan fingerprint density at radius 2 is 1.95 bits per heavy atom. The summed E-state index contributed by atoms with van der Waals surface area (Å²) in [6.45, 7) is 0.0723. The van der Waals surface area contributed by atoms with Crippen molar-refractivity contribution in [3.63, 3.8) is 0 Å². The number of hydrogen-bond acceptors (Lipinski definition) is 4. The summed E-state index contributed by atoms with van der Waals surface area (Å²) < 4.78 is 24.0. The molecule has 0 fully saturated rings. The summed E-state index contributed by atoms with van der Waals surface area (Å²) in [6.07, 6.45) is 1.20. The molecule has 0 saturated heterocycles. The van der Waals surface area contributed by atoms with Crippen LogP contribution in [0, 0.1) is 5.82 Å². The number of carbonyl (C=O) groups is 1. The van der Waals surface area contributed by atoms with Crippen molar-refractivity contribution in [2.45, 2.75) is 6.42 Å². The van der Waals surface area contributed by atoms with Crippen molar-refractivity contribution in [3.05, 3.63) is 47.4 Å². The van der Waals surface area contributed by atoms with Crippen LogP contribution in [0.1, 0.15) is 6.42 Å². The molecule has 110 valence electrons. The highest BCUT2D eigenvalue weighted by atomic mass is 35.5. The molecule has 1 N–H and O–H groups in total. The van der Waals surface area contributed by atoms with Gasteiger partial charge in [0.05, 0.1) is 18.1 Å². The number of aromatic nitrogens is 1. The van der Waals surface area contributed by atoms with E-state index < -0.39 is 11.8 Å². The van der Waals surface area contributed by atoms with Gasteiger partial charge < -0.3 is 14.6 Å². The minimum Gasteiger partial charge on any atom is -0.493 e. The van der Waals surface area contributed by atoms with E-state index in [1.54, 1.807) is 24.3 Å². The summed E-state index contributed by atoms with van der Waals surface area (Å²) >= 11 is 5.60. The zero-order valence-corrected chi connectivity index (χ0v) is 11.5. The number of benzene rings is 1. The Labute approximate surface area is 124 Å². The smallest absolute Gasteiger partial charge is 0.306 e. The predicted octanol–water partition coefficient (Wildman–Crippen LogP) is 3.52. The van der Waals surface area contributed by atoms with E-state index >= 15 is 0 Å². The van der Waals surface area contributed by atoms with Crippen molar-refractivity contribution < 1.29 is 23.8 Å². The van der Waals surface area contributed by atoms with Crippen LogP contribution >= 0.6 is 11.6 Å². The highest BCUT2D eigenvalue weighted by Crippen LogP contribution is 2.25. The van der Waals surface area contributed by atoms with Gasteiger partial charge >= 0.3 is 5.97 Å². The number of carboxylic acids is 1. The first-order chi connectivity index (χ1) is 10.0. The van der Waals surface area contributed by atoms with Gasteiger partial charge in [-0.25, -0.2) is 9.37 Å². The largest absolute Gasteiger partial charge is 0.493 e. The number of rotatable bonds is 6. The monoisotopic (exact) mass is 311 g/mol. The van der Waals surface area contributed by atoms with Crippen LogP contribution in [0.5, 0.6) is 17.4 Å². The molecule has 0 bridgehead atoms. The fourth-order valence-corrected chi connectivity index (χ4v) is 1.59. The molecular formula is C14H11ClFNO4. The zero-order chi connectivity index (χ0) is 15.2. The molecule has 2 aromatic rings. The summed E-state index contributed by atoms with van der Waals surface area (Å²) in [6, 6.07) is 7.40. The van der Waals surface area contributed by atoms with Gasteiger partial charge in [-0.2, -0.15) is 0 Å². The number of nitrogens with zero attached hydrogens (tertiary/aromatic N) is 1. The number of halogens is 2. The lowest BCUT2D eigenvalue weighted by Gasteiger charge is -2.07. The zero-order valence-electron chi connectivity index (χ0n) is 10.8. The molecule has 0 amide bonds. The lowest BCUT2D eigenvalue weighted by molar-refractivity contribution is -0.137. The van der Waals surface area contributed by atoms with Crippen LogP contribution in [0.2, 0.25) is 5.02 Å². The van der Waals surface area contributed by atoms with E-state index in [9.17, 15) is 9.18 Å². The molecule has 0 aliphatic rings. The Bertz CT molecular complexity index is 633. The van der Waals surface area contributed by atoms with E-state index in [4.69, 9.17) is 26.2 Å². The Balaban J connectivity index is 1.97. The van der Waals surface area contributed by atoms with Crippen molar-refractivity contribution in [3.8, 4) is 17.4 Å². The van der Waals surface area contributed by atoms with Crippen LogP contribution in [0.15, 0.2) is 36.5 Å². The molecule has 0 radical (unpaired) electrons. The summed E-state index contributed by atoms with van der Waals surface area (Å²) in [5, 5.41) is 8.68. The molecule has 0 saturated carbocycles. The maximum absolute atomic E-state index is 13.5. The number of pyridine rings is 1. The fourth-order valence-electron chi connectivity index (χ4n) is 1.45. The number of carboxylic acid groups (broad SMARTS) is 1. The van der Waals surface area contributed by atoms with Crippen LogP contribution in [0.25, 0.3) is 0 Å². The van der Waals surface area contributed by atoms with Crippen LogP contribution in [-0.4, -0.2) is 22.7 Å². The molecule has 0 aliphatic carbocycles. The van der Waals surface area contributed by atoms with Crippen LogP contribution in [0.3, 0.4) is 0 Å². The Morgan fingerprint density at radius 1 is 1.29 bits per heavy atom. The average molecular weight is 312 g/mol. The number of ether oxygens (including phenoxy) is 2. The van der Waals surface area contributed by atoms with Gasteiger partial charge in [0.1, 0.15) is 11.5 Å². The van der Waals surface area contributed by atoms with Gasteiger partial charge in [-0.1, -0.05) is 11.6 Å². The van der Waals surface area contributed by atoms with Crippen molar-refractivity contribution in [1.82, 2.24) is 4.98 Å². The van der Waals surface area contributed by atoms with Gasteiger partial charge in [-0.05, 0) is 30.3 Å². The molecule has 7 heteroatoms. The molecule has 0 unspecified atom stereocenters. The minimum atomic E-state index is -0.931. The summed E-state index contributed by atoms with van der Waals surface area (Å²) in [5.41, 5.74) is 0. The van der Waals surface area contributed by atoms with Crippen LogP contribution in [-0.2, 0) is 4.79 Å². The first-order valence-electron chi connectivity index (χ1n) is 5.98. The van der Waals surface area contributed by atoms with Crippen molar-refractivity contribution in [2.75, 3.05) is 6.61 Å². The van der Waals surface area contributed by atoms with Gasteiger partial charge in [0.15, 0.2) is 5.82 Å². The van der Waals surface area contributed by atoms with Crippen molar-refractivity contribution >= 4 is 17.6 Å². The lowest BCUT2D eigenvalue weighted by Crippen LogP contribution is -2.04. The lowest BCUT2D eigenvalue weighted by atomic mass is 10.3. The first-order valence-corrected chi connectivity index (χ1v) is 6.36. The molecule has 1 heterocycles. The Kier molecular flexibility index (Phi) is 4.94. The normalized spacial score (nSPS) is 10.2. The third kappa shape index (κ3) is 4.61. The minimum absolute atomic E-state index is 0.0723. The molecular weight excluding hydrogens is 301 g/mol. The van der Waals surface area contributed by atoms with Gasteiger partial charge in [-0.3, -0.25) is 4.79 Å². The highest BCUT2D eigenvalue weighted by Gasteiger charge is 2.07. The maximum Gasteiger partial charge on any atom is 0.306 e. The third-order valence-electron chi connectivity index (χ3n) is 2.40. The van der Waals surface area contributed by atoms with Crippen LogP contribution < -0.4 is 9.47 Å². The number of aliphatic carboxylic acids is 1. The molecule has 0 aliphatic heterocycles. The summed E-state index contributed by atoms with van der Waals surface area (Å²) in [5.74, 6) is -0.912. The molecule has 0 atom stereocenters. The SMILES string of the molecule is O=C(O)CCOc1ccc(Oc2ncc(Cl)cc2F)cc1. The Hall–Kier alpha value is -2.34. The molecule has 1 aromatic heterocycles. The molecule has 5 nitrogen and oxygen atoms in total. The second-order valence-electron chi connectivity index (χ2n) is 4.01. The van der Waals surface area contributed by atoms with Gasteiger partial charge in [0.2, 0.25) is 0 Å². The van der Waals surface area contributed by atoms with Gasteiger partial charge in [0.25, 0.3) is 5.88 Å². The third-order valence-corrected chi connectivity index (χ3v) is 2.60. The first kappa shape index (κ1) is 15.1. The van der Waals surface area contributed by atoms with E-state index in [-0.39, 0.29) is 23.9 Å². The molecule has 21 heavy (non-hydrogen) atoms. The van der Waals surface area contributed by atoms with Crippen molar-refractivity contribution in [2.24, 2.45) is 0 Å². The average Bonchev–Trinajstić information content (AvgIpc) is 2.43. The molecule has 0 spiro atoms. The van der Waals surface area contributed by atoms with Crippen molar-refractivity contribution in [1.29, 1.82) is 0 Å². The summed E-state index contributed by atoms with van der Waals surface area (Å²) in [7, 11) is 0.